The minimum absolute atomic E-state index is 0.152. The number of hydrogen-bond donors (Lipinski definition) is 1. The quantitative estimate of drug-likeness (QED) is 0.791. The van der Waals surface area contributed by atoms with Gasteiger partial charge in [-0.25, -0.2) is 0 Å². The molecule has 2 atom stereocenters. The van der Waals surface area contributed by atoms with Crippen LogP contribution in [0.2, 0.25) is 0 Å². The van der Waals surface area contributed by atoms with E-state index in [1.54, 1.807) is 13.0 Å². The summed E-state index contributed by atoms with van der Waals surface area (Å²) in [6.45, 7) is 7.56. The lowest BCUT2D eigenvalue weighted by Gasteiger charge is -2.29. The predicted octanol–water partition coefficient (Wildman–Crippen LogP) is 2.07. The fourth-order valence-corrected chi connectivity index (χ4v) is 2.57. The highest BCUT2D eigenvalue weighted by atomic mass is 16.2. The molecule has 20 heavy (non-hydrogen) atoms. The van der Waals surface area contributed by atoms with E-state index in [9.17, 15) is 15.3 Å². The van der Waals surface area contributed by atoms with E-state index < -0.39 is 11.0 Å². The third-order valence-electron chi connectivity index (χ3n) is 4.47. The molecule has 5 heteroatoms. The molecule has 0 radical (unpaired) electrons. The largest absolute Gasteiger partial charge is 0.328 e. The van der Waals surface area contributed by atoms with Gasteiger partial charge >= 0.3 is 0 Å². The van der Waals surface area contributed by atoms with E-state index in [1.165, 1.54) is 0 Å². The summed E-state index contributed by atoms with van der Waals surface area (Å²) in [5, 5.41) is 21.3. The summed E-state index contributed by atoms with van der Waals surface area (Å²) in [7, 11) is 0. The summed E-state index contributed by atoms with van der Waals surface area (Å²) in [4.78, 5) is 16.0. The Hall–Kier alpha value is -2.14. The van der Waals surface area contributed by atoms with Crippen LogP contribution in [0, 0.1) is 33.5 Å². The Morgan fingerprint density at radius 1 is 1.20 bits per heavy atom. The number of nitrogens with zero attached hydrogens (tertiary/aromatic N) is 3. The lowest BCUT2D eigenvalue weighted by Crippen LogP contribution is -2.34. The maximum absolute atomic E-state index is 11.5. The fraction of sp³-hybridized carbons (Fsp3) is 0.600. The SMILES string of the molecule is CC1(C#N)CC(=O)N/C1=C\C1=NC(C)(C#N)C(C)(C)C1. The zero-order valence-electron chi connectivity index (χ0n) is 12.2. The van der Waals surface area contributed by atoms with Crippen molar-refractivity contribution >= 4 is 11.6 Å². The van der Waals surface area contributed by atoms with E-state index >= 15 is 0 Å². The van der Waals surface area contributed by atoms with E-state index in [4.69, 9.17) is 0 Å². The molecule has 0 saturated carbocycles. The molecule has 2 unspecified atom stereocenters. The molecule has 104 valence electrons. The van der Waals surface area contributed by atoms with Crippen LogP contribution in [0.5, 0.6) is 0 Å². The van der Waals surface area contributed by atoms with Crippen molar-refractivity contribution in [3.63, 3.8) is 0 Å². The summed E-state index contributed by atoms with van der Waals surface area (Å²) in [6.07, 6.45) is 2.58. The minimum Gasteiger partial charge on any atom is -0.328 e. The first-order valence-corrected chi connectivity index (χ1v) is 6.59. The molecular formula is C15H18N4O. The van der Waals surface area contributed by atoms with Crippen LogP contribution in [-0.4, -0.2) is 17.2 Å². The number of rotatable bonds is 1. The van der Waals surface area contributed by atoms with Crippen LogP contribution in [0.4, 0.5) is 0 Å². The Labute approximate surface area is 119 Å². The number of carbonyl (C=O) groups excluding carboxylic acids is 1. The molecule has 0 aliphatic carbocycles. The van der Waals surface area contributed by atoms with Crippen LogP contribution in [0.25, 0.3) is 0 Å². The van der Waals surface area contributed by atoms with Crippen LogP contribution in [0.3, 0.4) is 0 Å². The molecule has 0 aromatic heterocycles. The minimum atomic E-state index is -0.824. The monoisotopic (exact) mass is 270 g/mol. The number of hydrogen-bond acceptors (Lipinski definition) is 4. The van der Waals surface area contributed by atoms with Gasteiger partial charge in [0.05, 0.1) is 18.6 Å². The average Bonchev–Trinajstić information content (AvgIpc) is 2.75. The van der Waals surface area contributed by atoms with Gasteiger partial charge in [-0.1, -0.05) is 13.8 Å². The second-order valence-electron chi connectivity index (χ2n) is 6.57. The standard InChI is InChI=1S/C15H18N4O/c1-13(2)6-10(19-15(13,4)9-17)5-11-14(3,8-16)7-12(20)18-11/h5H,6-7H2,1-4H3,(H,18,20)/b11-5-. The number of aliphatic imine (C=N–C) groups is 1. The molecular weight excluding hydrogens is 252 g/mol. The smallest absolute Gasteiger partial charge is 0.226 e. The zero-order valence-corrected chi connectivity index (χ0v) is 12.2. The van der Waals surface area contributed by atoms with Gasteiger partial charge in [-0.2, -0.15) is 10.5 Å². The molecule has 1 amide bonds. The first-order valence-electron chi connectivity index (χ1n) is 6.59. The summed E-state index contributed by atoms with van der Waals surface area (Å²) >= 11 is 0. The van der Waals surface area contributed by atoms with E-state index in [2.05, 4.69) is 22.4 Å². The van der Waals surface area contributed by atoms with Gasteiger partial charge in [0.1, 0.15) is 11.0 Å². The summed E-state index contributed by atoms with van der Waals surface area (Å²) in [5.41, 5.74) is -0.514. The van der Waals surface area contributed by atoms with Gasteiger partial charge < -0.3 is 5.32 Å². The maximum Gasteiger partial charge on any atom is 0.226 e. The van der Waals surface area contributed by atoms with Crippen molar-refractivity contribution in [2.75, 3.05) is 0 Å². The molecule has 2 aliphatic rings. The number of nitriles is 2. The highest BCUT2D eigenvalue weighted by Gasteiger charge is 2.47. The van der Waals surface area contributed by atoms with Gasteiger partial charge in [0, 0.05) is 16.8 Å². The molecule has 0 aromatic rings. The van der Waals surface area contributed by atoms with E-state index in [0.29, 0.717) is 12.1 Å². The van der Waals surface area contributed by atoms with Crippen molar-refractivity contribution in [3.8, 4) is 12.1 Å². The number of amides is 1. The third-order valence-corrected chi connectivity index (χ3v) is 4.47. The lowest BCUT2D eigenvalue weighted by atomic mass is 9.74. The Morgan fingerprint density at radius 2 is 1.85 bits per heavy atom. The van der Waals surface area contributed by atoms with Gasteiger partial charge in [0.15, 0.2) is 0 Å². The van der Waals surface area contributed by atoms with Crippen molar-refractivity contribution < 1.29 is 4.79 Å². The first-order chi connectivity index (χ1) is 9.16. The summed E-state index contributed by atoms with van der Waals surface area (Å²) < 4.78 is 0. The zero-order chi connectivity index (χ0) is 15.2. The Bertz CT molecular complexity index is 617. The van der Waals surface area contributed by atoms with E-state index in [-0.39, 0.29) is 17.7 Å². The number of carbonyl (C=O) groups is 1. The van der Waals surface area contributed by atoms with E-state index in [0.717, 1.165) is 5.71 Å². The number of nitrogens with one attached hydrogen (secondary N) is 1. The van der Waals surface area contributed by atoms with Crippen LogP contribution in [0.1, 0.15) is 40.5 Å². The number of allylic oxidation sites excluding steroid dienone is 2. The molecule has 2 rings (SSSR count). The Balaban J connectivity index is 2.39. The van der Waals surface area contributed by atoms with Crippen LogP contribution >= 0.6 is 0 Å². The van der Waals surface area contributed by atoms with Crippen LogP contribution in [0.15, 0.2) is 16.8 Å². The van der Waals surface area contributed by atoms with Crippen LogP contribution in [-0.2, 0) is 4.79 Å². The van der Waals surface area contributed by atoms with Crippen LogP contribution < -0.4 is 5.32 Å². The topological polar surface area (TPSA) is 89.0 Å². The maximum atomic E-state index is 11.5. The molecule has 0 bridgehead atoms. The van der Waals surface area contributed by atoms with Gasteiger partial charge in [-0.05, 0) is 26.3 Å². The lowest BCUT2D eigenvalue weighted by molar-refractivity contribution is -0.119. The summed E-state index contributed by atoms with van der Waals surface area (Å²) in [6, 6.07) is 4.44. The van der Waals surface area contributed by atoms with Gasteiger partial charge in [0.2, 0.25) is 5.91 Å². The van der Waals surface area contributed by atoms with E-state index in [1.807, 2.05) is 20.8 Å². The van der Waals surface area contributed by atoms with Crippen molar-refractivity contribution in [2.24, 2.45) is 15.8 Å². The van der Waals surface area contributed by atoms with Gasteiger partial charge in [-0.15, -0.1) is 0 Å². The van der Waals surface area contributed by atoms with Crippen molar-refractivity contribution in [2.45, 2.75) is 46.1 Å². The highest BCUT2D eigenvalue weighted by molar-refractivity contribution is 6.00. The fourth-order valence-electron chi connectivity index (χ4n) is 2.57. The molecule has 1 saturated heterocycles. The van der Waals surface area contributed by atoms with Crippen molar-refractivity contribution in [3.05, 3.63) is 11.8 Å². The van der Waals surface area contributed by atoms with Gasteiger partial charge in [-0.3, -0.25) is 9.79 Å². The summed E-state index contributed by atoms with van der Waals surface area (Å²) in [5.74, 6) is -0.152. The molecule has 5 nitrogen and oxygen atoms in total. The second kappa shape index (κ2) is 4.18. The first kappa shape index (κ1) is 14.3. The molecule has 2 heterocycles. The Morgan fingerprint density at radius 3 is 2.35 bits per heavy atom. The normalized spacial score (nSPS) is 37.2. The van der Waals surface area contributed by atoms with Gasteiger partial charge in [0.25, 0.3) is 0 Å². The van der Waals surface area contributed by atoms with Crippen molar-refractivity contribution in [1.82, 2.24) is 5.32 Å². The third kappa shape index (κ3) is 2.00. The second-order valence-corrected chi connectivity index (χ2v) is 6.57. The molecule has 1 fully saturated rings. The van der Waals surface area contributed by atoms with Crippen molar-refractivity contribution in [1.29, 1.82) is 10.5 Å². The molecule has 0 spiro atoms. The predicted molar refractivity (Wildman–Crippen MR) is 74.4 cm³/mol. The molecule has 0 aromatic carbocycles. The molecule has 1 N–H and O–H groups in total. The average molecular weight is 270 g/mol. The highest BCUT2D eigenvalue weighted by Crippen LogP contribution is 2.44. The molecule has 2 aliphatic heterocycles. The Kier molecular flexibility index (Phi) is 2.98.